The lowest BCUT2D eigenvalue weighted by Crippen LogP contribution is -2.13. The van der Waals surface area contributed by atoms with Gasteiger partial charge in [-0.15, -0.1) is 0 Å². The van der Waals surface area contributed by atoms with Crippen molar-refractivity contribution in [2.24, 2.45) is 0 Å². The topological polar surface area (TPSA) is 34.4 Å². The molecule has 0 amide bonds. The Morgan fingerprint density at radius 2 is 1.86 bits per heavy atom. The Morgan fingerprint density at radius 3 is 2.68 bits per heavy atom. The molecule has 1 fully saturated rings. The van der Waals surface area contributed by atoms with Crippen LogP contribution < -0.4 is 10.1 Å². The molecule has 3 aromatic rings. The number of furan rings is 1. The molecule has 1 aliphatic rings. The summed E-state index contributed by atoms with van der Waals surface area (Å²) in [7, 11) is 1.70. The van der Waals surface area contributed by atoms with E-state index in [2.05, 4.69) is 35.6 Å². The summed E-state index contributed by atoms with van der Waals surface area (Å²) < 4.78 is 10.6. The Labute approximate surface area is 129 Å². The van der Waals surface area contributed by atoms with E-state index in [1.807, 2.05) is 18.2 Å². The summed E-state index contributed by atoms with van der Waals surface area (Å²) in [6.45, 7) is 1.01. The van der Waals surface area contributed by atoms with Gasteiger partial charge >= 0.3 is 0 Å². The van der Waals surface area contributed by atoms with Crippen LogP contribution in [0.5, 0.6) is 5.75 Å². The van der Waals surface area contributed by atoms with Gasteiger partial charge in [0.15, 0.2) is 0 Å². The summed E-state index contributed by atoms with van der Waals surface area (Å²) in [6, 6.07) is 17.3. The number of benzene rings is 2. The summed E-state index contributed by atoms with van der Waals surface area (Å²) in [4.78, 5) is 0. The molecular formula is C19H19NO2. The molecule has 112 valence electrons. The van der Waals surface area contributed by atoms with Crippen LogP contribution in [0.3, 0.4) is 0 Å². The third-order valence-electron chi connectivity index (χ3n) is 4.60. The largest absolute Gasteiger partial charge is 0.497 e. The standard InChI is InChI=1S/C19H19NO2/c1-21-17-5-2-13(3-6-17)18-11-16(12-20-18)14-4-7-19-15(10-14)8-9-22-19/h2-10,16,18,20H,11-12H2,1H3. The molecule has 2 aromatic carbocycles. The zero-order valence-electron chi connectivity index (χ0n) is 12.6. The number of fused-ring (bicyclic) bond motifs is 1. The van der Waals surface area contributed by atoms with Gasteiger partial charge in [-0.05, 0) is 53.8 Å². The molecule has 2 heterocycles. The van der Waals surface area contributed by atoms with E-state index in [0.29, 0.717) is 12.0 Å². The minimum atomic E-state index is 0.413. The van der Waals surface area contributed by atoms with Gasteiger partial charge in [-0.2, -0.15) is 0 Å². The average Bonchev–Trinajstić information content (AvgIpc) is 3.23. The van der Waals surface area contributed by atoms with Crippen molar-refractivity contribution in [3.8, 4) is 5.75 Å². The Balaban J connectivity index is 1.53. The van der Waals surface area contributed by atoms with Crippen LogP contribution in [-0.4, -0.2) is 13.7 Å². The highest BCUT2D eigenvalue weighted by Gasteiger charge is 2.26. The minimum absolute atomic E-state index is 0.413. The van der Waals surface area contributed by atoms with Crippen LogP contribution in [0.25, 0.3) is 11.0 Å². The first kappa shape index (κ1) is 13.4. The maximum atomic E-state index is 5.42. The van der Waals surface area contributed by atoms with E-state index in [0.717, 1.165) is 24.3 Å². The maximum absolute atomic E-state index is 5.42. The first-order valence-corrected chi connectivity index (χ1v) is 7.68. The zero-order chi connectivity index (χ0) is 14.9. The van der Waals surface area contributed by atoms with Gasteiger partial charge in [0.05, 0.1) is 13.4 Å². The molecule has 0 radical (unpaired) electrons. The number of ether oxygens (including phenoxy) is 1. The summed E-state index contributed by atoms with van der Waals surface area (Å²) in [6.07, 6.45) is 2.87. The lowest BCUT2D eigenvalue weighted by molar-refractivity contribution is 0.414. The normalized spacial score (nSPS) is 21.3. The number of methoxy groups -OCH3 is 1. The van der Waals surface area contributed by atoms with Crippen molar-refractivity contribution in [1.82, 2.24) is 5.32 Å². The van der Waals surface area contributed by atoms with E-state index in [4.69, 9.17) is 9.15 Å². The Bertz CT molecular complexity index is 775. The maximum Gasteiger partial charge on any atom is 0.133 e. The van der Waals surface area contributed by atoms with Crippen LogP contribution in [0.2, 0.25) is 0 Å². The fourth-order valence-corrected chi connectivity index (χ4v) is 3.32. The van der Waals surface area contributed by atoms with E-state index < -0.39 is 0 Å². The number of rotatable bonds is 3. The van der Waals surface area contributed by atoms with Gasteiger partial charge in [0.2, 0.25) is 0 Å². The van der Waals surface area contributed by atoms with E-state index in [9.17, 15) is 0 Å². The summed E-state index contributed by atoms with van der Waals surface area (Å²) >= 11 is 0. The Morgan fingerprint density at radius 1 is 1.05 bits per heavy atom. The second-order valence-corrected chi connectivity index (χ2v) is 5.88. The summed E-state index contributed by atoms with van der Waals surface area (Å²) in [5, 5.41) is 4.82. The number of nitrogens with one attached hydrogen (secondary N) is 1. The van der Waals surface area contributed by atoms with Crippen molar-refractivity contribution < 1.29 is 9.15 Å². The van der Waals surface area contributed by atoms with Crippen LogP contribution in [0, 0.1) is 0 Å². The van der Waals surface area contributed by atoms with Gasteiger partial charge in [0, 0.05) is 18.0 Å². The van der Waals surface area contributed by atoms with Crippen LogP contribution >= 0.6 is 0 Å². The number of hydrogen-bond acceptors (Lipinski definition) is 3. The molecule has 0 aliphatic carbocycles. The Kier molecular flexibility index (Phi) is 3.35. The second-order valence-electron chi connectivity index (χ2n) is 5.88. The predicted molar refractivity (Wildman–Crippen MR) is 87.3 cm³/mol. The van der Waals surface area contributed by atoms with Crippen molar-refractivity contribution in [3.63, 3.8) is 0 Å². The molecule has 0 saturated carbocycles. The fourth-order valence-electron chi connectivity index (χ4n) is 3.32. The van der Waals surface area contributed by atoms with Crippen molar-refractivity contribution in [3.05, 3.63) is 65.9 Å². The third-order valence-corrected chi connectivity index (χ3v) is 4.60. The molecule has 1 saturated heterocycles. The second kappa shape index (κ2) is 5.50. The molecule has 3 nitrogen and oxygen atoms in total. The van der Waals surface area contributed by atoms with E-state index in [1.165, 1.54) is 16.5 Å². The average molecular weight is 293 g/mol. The van der Waals surface area contributed by atoms with Crippen molar-refractivity contribution in [2.45, 2.75) is 18.4 Å². The lowest BCUT2D eigenvalue weighted by atomic mass is 9.93. The van der Waals surface area contributed by atoms with Gasteiger partial charge in [-0.1, -0.05) is 18.2 Å². The van der Waals surface area contributed by atoms with Gasteiger partial charge in [0.25, 0.3) is 0 Å². The molecule has 2 unspecified atom stereocenters. The van der Waals surface area contributed by atoms with Gasteiger partial charge in [-0.25, -0.2) is 0 Å². The van der Waals surface area contributed by atoms with Crippen LogP contribution in [0.4, 0.5) is 0 Å². The summed E-state index contributed by atoms with van der Waals surface area (Å²) in [5.74, 6) is 1.45. The predicted octanol–water partition coefficient (Wildman–Crippen LogP) is 4.26. The zero-order valence-corrected chi connectivity index (χ0v) is 12.6. The molecule has 2 atom stereocenters. The molecule has 1 aromatic heterocycles. The molecule has 3 heteroatoms. The third kappa shape index (κ3) is 2.38. The fraction of sp³-hybridized carbons (Fsp3) is 0.263. The monoisotopic (exact) mass is 293 g/mol. The van der Waals surface area contributed by atoms with E-state index in [1.54, 1.807) is 13.4 Å². The smallest absolute Gasteiger partial charge is 0.133 e. The molecular weight excluding hydrogens is 274 g/mol. The van der Waals surface area contributed by atoms with Crippen LogP contribution in [0.15, 0.2) is 59.2 Å². The van der Waals surface area contributed by atoms with E-state index >= 15 is 0 Å². The van der Waals surface area contributed by atoms with E-state index in [-0.39, 0.29) is 0 Å². The molecule has 1 N–H and O–H groups in total. The van der Waals surface area contributed by atoms with Crippen molar-refractivity contribution in [2.75, 3.05) is 13.7 Å². The highest BCUT2D eigenvalue weighted by atomic mass is 16.5. The van der Waals surface area contributed by atoms with Crippen molar-refractivity contribution in [1.29, 1.82) is 0 Å². The lowest BCUT2D eigenvalue weighted by Gasteiger charge is -2.12. The Hall–Kier alpha value is -2.26. The molecule has 0 bridgehead atoms. The minimum Gasteiger partial charge on any atom is -0.497 e. The van der Waals surface area contributed by atoms with Crippen LogP contribution in [0.1, 0.15) is 29.5 Å². The number of hydrogen-bond donors (Lipinski definition) is 1. The molecule has 0 spiro atoms. The van der Waals surface area contributed by atoms with Gasteiger partial charge in [-0.3, -0.25) is 0 Å². The highest BCUT2D eigenvalue weighted by Crippen LogP contribution is 2.35. The highest BCUT2D eigenvalue weighted by molar-refractivity contribution is 5.77. The molecule has 4 rings (SSSR count). The summed E-state index contributed by atoms with van der Waals surface area (Å²) in [5.41, 5.74) is 3.67. The SMILES string of the molecule is COc1ccc(C2CC(c3ccc4occc4c3)CN2)cc1. The van der Waals surface area contributed by atoms with Gasteiger partial charge in [0.1, 0.15) is 11.3 Å². The first-order valence-electron chi connectivity index (χ1n) is 7.68. The van der Waals surface area contributed by atoms with Crippen LogP contribution in [-0.2, 0) is 0 Å². The quantitative estimate of drug-likeness (QED) is 0.783. The van der Waals surface area contributed by atoms with Crippen molar-refractivity contribution >= 4 is 11.0 Å². The van der Waals surface area contributed by atoms with Gasteiger partial charge < -0.3 is 14.5 Å². The molecule has 1 aliphatic heterocycles. The molecule has 22 heavy (non-hydrogen) atoms. The first-order chi connectivity index (χ1) is 10.8.